The van der Waals surface area contributed by atoms with Crippen molar-refractivity contribution in [2.75, 3.05) is 0 Å². The zero-order valence-electron chi connectivity index (χ0n) is 12.4. The van der Waals surface area contributed by atoms with Crippen LogP contribution in [0.15, 0.2) is 30.6 Å². The van der Waals surface area contributed by atoms with E-state index in [0.29, 0.717) is 5.92 Å². The minimum Gasteiger partial charge on any atom is -0.305 e. The van der Waals surface area contributed by atoms with Gasteiger partial charge in [-0.15, -0.1) is 0 Å². The molecule has 20 heavy (non-hydrogen) atoms. The highest BCUT2D eigenvalue weighted by molar-refractivity contribution is 5.39. The molecule has 4 nitrogen and oxygen atoms in total. The number of hydrogen-bond acceptors (Lipinski definition) is 3. The molecular formula is C16H22N4. The van der Waals surface area contributed by atoms with Gasteiger partial charge >= 0.3 is 0 Å². The van der Waals surface area contributed by atoms with Crippen LogP contribution in [0.5, 0.6) is 0 Å². The SMILES string of the molecule is CC(C)(C)NCc1ncnn1CC1Cc2ccccc21. The Morgan fingerprint density at radius 2 is 2.10 bits per heavy atom. The highest BCUT2D eigenvalue weighted by Gasteiger charge is 2.26. The molecular weight excluding hydrogens is 248 g/mol. The first-order valence-corrected chi connectivity index (χ1v) is 7.22. The topological polar surface area (TPSA) is 42.7 Å². The van der Waals surface area contributed by atoms with Gasteiger partial charge in [0, 0.05) is 11.5 Å². The molecule has 1 aliphatic rings. The number of fused-ring (bicyclic) bond motifs is 1. The molecule has 3 rings (SSSR count). The fourth-order valence-corrected chi connectivity index (χ4v) is 2.66. The molecule has 0 amide bonds. The molecule has 1 unspecified atom stereocenters. The molecule has 0 bridgehead atoms. The number of rotatable bonds is 4. The molecule has 1 aromatic heterocycles. The summed E-state index contributed by atoms with van der Waals surface area (Å²) in [4.78, 5) is 4.38. The maximum absolute atomic E-state index is 4.38. The van der Waals surface area contributed by atoms with E-state index in [9.17, 15) is 0 Å². The molecule has 0 saturated carbocycles. The fraction of sp³-hybridized carbons (Fsp3) is 0.500. The predicted octanol–water partition coefficient (Wildman–Crippen LogP) is 2.51. The highest BCUT2D eigenvalue weighted by atomic mass is 15.3. The maximum atomic E-state index is 4.38. The summed E-state index contributed by atoms with van der Waals surface area (Å²) in [7, 11) is 0. The minimum absolute atomic E-state index is 0.0971. The number of hydrogen-bond donors (Lipinski definition) is 1. The Bertz CT molecular complexity index is 595. The molecule has 1 atom stereocenters. The maximum Gasteiger partial charge on any atom is 0.140 e. The molecule has 0 saturated heterocycles. The first-order valence-electron chi connectivity index (χ1n) is 7.22. The first-order chi connectivity index (χ1) is 9.53. The van der Waals surface area contributed by atoms with Gasteiger partial charge in [0.25, 0.3) is 0 Å². The number of nitrogens with one attached hydrogen (secondary N) is 1. The molecule has 1 heterocycles. The lowest BCUT2D eigenvalue weighted by molar-refractivity contribution is 0.397. The third-order valence-corrected chi connectivity index (χ3v) is 3.83. The second-order valence-electron chi connectivity index (χ2n) is 6.56. The molecule has 2 aromatic rings. The van der Waals surface area contributed by atoms with E-state index in [0.717, 1.165) is 25.3 Å². The summed E-state index contributed by atoms with van der Waals surface area (Å²) in [5.74, 6) is 1.60. The van der Waals surface area contributed by atoms with Crippen LogP contribution in [0.1, 0.15) is 43.6 Å². The summed E-state index contributed by atoms with van der Waals surface area (Å²) in [6, 6.07) is 8.68. The Hall–Kier alpha value is -1.68. The normalized spacial score (nSPS) is 17.6. The van der Waals surface area contributed by atoms with Crippen LogP contribution >= 0.6 is 0 Å². The van der Waals surface area contributed by atoms with Crippen LogP contribution < -0.4 is 5.32 Å². The molecule has 0 aliphatic heterocycles. The largest absolute Gasteiger partial charge is 0.305 e. The van der Waals surface area contributed by atoms with Crippen LogP contribution in [0.25, 0.3) is 0 Å². The molecule has 1 aliphatic carbocycles. The van der Waals surface area contributed by atoms with E-state index in [-0.39, 0.29) is 5.54 Å². The Morgan fingerprint density at radius 1 is 1.30 bits per heavy atom. The van der Waals surface area contributed by atoms with Crippen molar-refractivity contribution in [1.82, 2.24) is 20.1 Å². The molecule has 0 fully saturated rings. The molecule has 1 N–H and O–H groups in total. The van der Waals surface area contributed by atoms with Gasteiger partial charge in [0.05, 0.1) is 13.1 Å². The van der Waals surface area contributed by atoms with E-state index in [1.54, 1.807) is 6.33 Å². The van der Waals surface area contributed by atoms with E-state index in [4.69, 9.17) is 0 Å². The molecule has 4 heteroatoms. The molecule has 1 aromatic carbocycles. The van der Waals surface area contributed by atoms with Crippen molar-refractivity contribution < 1.29 is 0 Å². The smallest absolute Gasteiger partial charge is 0.140 e. The van der Waals surface area contributed by atoms with Gasteiger partial charge in [-0.2, -0.15) is 5.10 Å². The second kappa shape index (κ2) is 5.02. The van der Waals surface area contributed by atoms with Crippen molar-refractivity contribution in [3.63, 3.8) is 0 Å². The van der Waals surface area contributed by atoms with E-state index in [1.807, 2.05) is 4.68 Å². The zero-order chi connectivity index (χ0) is 14.2. The van der Waals surface area contributed by atoms with Crippen molar-refractivity contribution in [1.29, 1.82) is 0 Å². The molecule has 0 spiro atoms. The summed E-state index contributed by atoms with van der Waals surface area (Å²) in [6.07, 6.45) is 2.81. The lowest BCUT2D eigenvalue weighted by Gasteiger charge is -2.30. The Morgan fingerprint density at radius 3 is 2.85 bits per heavy atom. The first kappa shape index (κ1) is 13.3. The molecule has 0 radical (unpaired) electrons. The summed E-state index contributed by atoms with van der Waals surface area (Å²) in [5, 5.41) is 7.85. The van der Waals surface area contributed by atoms with Crippen molar-refractivity contribution in [2.24, 2.45) is 0 Å². The van der Waals surface area contributed by atoms with E-state index in [1.165, 1.54) is 11.1 Å². The van der Waals surface area contributed by atoms with Gasteiger partial charge in [0.1, 0.15) is 12.2 Å². The fourth-order valence-electron chi connectivity index (χ4n) is 2.66. The van der Waals surface area contributed by atoms with Crippen molar-refractivity contribution in [3.05, 3.63) is 47.5 Å². The van der Waals surface area contributed by atoms with Crippen LogP contribution in [0.3, 0.4) is 0 Å². The summed E-state index contributed by atoms with van der Waals surface area (Å²) in [6.45, 7) is 8.18. The number of nitrogens with zero attached hydrogens (tertiary/aromatic N) is 3. The average molecular weight is 270 g/mol. The van der Waals surface area contributed by atoms with Crippen LogP contribution in [-0.4, -0.2) is 20.3 Å². The average Bonchev–Trinajstić information content (AvgIpc) is 2.80. The number of aromatic nitrogens is 3. The number of benzene rings is 1. The summed E-state index contributed by atoms with van der Waals surface area (Å²) in [5.41, 5.74) is 3.05. The Balaban J connectivity index is 1.66. The highest BCUT2D eigenvalue weighted by Crippen LogP contribution is 2.35. The van der Waals surface area contributed by atoms with Crippen LogP contribution in [0.2, 0.25) is 0 Å². The Labute approximate surface area is 120 Å². The van der Waals surface area contributed by atoms with Crippen molar-refractivity contribution >= 4 is 0 Å². The predicted molar refractivity (Wildman–Crippen MR) is 79.5 cm³/mol. The van der Waals surface area contributed by atoms with Crippen LogP contribution in [0, 0.1) is 0 Å². The van der Waals surface area contributed by atoms with Crippen molar-refractivity contribution in [3.8, 4) is 0 Å². The van der Waals surface area contributed by atoms with E-state index in [2.05, 4.69) is 60.4 Å². The lowest BCUT2D eigenvalue weighted by Crippen LogP contribution is -2.36. The van der Waals surface area contributed by atoms with Gasteiger partial charge in [0.15, 0.2) is 0 Å². The lowest BCUT2D eigenvalue weighted by atomic mass is 9.77. The Kier molecular flexibility index (Phi) is 3.34. The van der Waals surface area contributed by atoms with Gasteiger partial charge < -0.3 is 5.32 Å². The van der Waals surface area contributed by atoms with E-state index < -0.39 is 0 Å². The molecule has 106 valence electrons. The van der Waals surface area contributed by atoms with Gasteiger partial charge in [-0.25, -0.2) is 9.67 Å². The van der Waals surface area contributed by atoms with Gasteiger partial charge in [-0.3, -0.25) is 0 Å². The van der Waals surface area contributed by atoms with Gasteiger partial charge in [-0.1, -0.05) is 24.3 Å². The quantitative estimate of drug-likeness (QED) is 0.928. The van der Waals surface area contributed by atoms with E-state index >= 15 is 0 Å². The van der Waals surface area contributed by atoms with Crippen LogP contribution in [0.4, 0.5) is 0 Å². The minimum atomic E-state index is 0.0971. The van der Waals surface area contributed by atoms with Gasteiger partial charge in [-0.05, 0) is 38.3 Å². The monoisotopic (exact) mass is 270 g/mol. The van der Waals surface area contributed by atoms with Crippen LogP contribution in [-0.2, 0) is 19.5 Å². The standard InChI is InChI=1S/C16H22N4/c1-16(2,3)18-9-15-17-11-19-20(15)10-13-8-12-6-4-5-7-14(12)13/h4-7,11,13,18H,8-10H2,1-3H3. The second-order valence-corrected chi connectivity index (χ2v) is 6.56. The summed E-state index contributed by atoms with van der Waals surface area (Å²) < 4.78 is 2.04. The van der Waals surface area contributed by atoms with Crippen molar-refractivity contribution in [2.45, 2.75) is 51.7 Å². The third-order valence-electron chi connectivity index (χ3n) is 3.83. The zero-order valence-corrected chi connectivity index (χ0v) is 12.4. The summed E-state index contributed by atoms with van der Waals surface area (Å²) >= 11 is 0. The third kappa shape index (κ3) is 2.75. The van der Waals surface area contributed by atoms with Gasteiger partial charge in [0.2, 0.25) is 0 Å².